The van der Waals surface area contributed by atoms with Gasteiger partial charge in [0, 0.05) is 18.2 Å². The summed E-state index contributed by atoms with van der Waals surface area (Å²) in [4.78, 5) is 8.72. The number of benzene rings is 1. The van der Waals surface area contributed by atoms with Crippen LogP contribution in [0.5, 0.6) is 0 Å². The molecule has 1 heterocycles. The van der Waals surface area contributed by atoms with Crippen molar-refractivity contribution in [2.45, 2.75) is 20.3 Å². The van der Waals surface area contributed by atoms with Gasteiger partial charge in [0.1, 0.15) is 16.2 Å². The maximum absolute atomic E-state index is 4.44. The lowest BCUT2D eigenvalue weighted by atomic mass is 10.2. The van der Waals surface area contributed by atoms with E-state index in [1.807, 2.05) is 31.2 Å². The molecule has 0 amide bonds. The third-order valence-electron chi connectivity index (χ3n) is 2.47. The Morgan fingerprint density at radius 1 is 1.24 bits per heavy atom. The van der Waals surface area contributed by atoms with Gasteiger partial charge in [-0.3, -0.25) is 0 Å². The van der Waals surface area contributed by atoms with Gasteiger partial charge in [-0.05, 0) is 34.5 Å². The van der Waals surface area contributed by atoms with Crippen molar-refractivity contribution >= 4 is 27.4 Å². The van der Waals surface area contributed by atoms with Crippen LogP contribution in [0.15, 0.2) is 34.9 Å². The maximum Gasteiger partial charge on any atom is 0.135 e. The van der Waals surface area contributed by atoms with Crippen LogP contribution in [0.1, 0.15) is 18.3 Å². The Labute approximate surface area is 109 Å². The molecule has 2 rings (SSSR count). The van der Waals surface area contributed by atoms with E-state index in [1.165, 1.54) is 5.56 Å². The molecule has 1 aromatic carbocycles. The number of anilines is 2. The summed E-state index contributed by atoms with van der Waals surface area (Å²) < 4.78 is 0.806. The number of para-hydroxylation sites is 1. The minimum absolute atomic E-state index is 0.806. The van der Waals surface area contributed by atoms with Crippen LogP contribution in [0.3, 0.4) is 0 Å². The van der Waals surface area contributed by atoms with E-state index >= 15 is 0 Å². The first kappa shape index (κ1) is 12.0. The molecule has 4 heteroatoms. The molecule has 0 aliphatic carbocycles. The lowest BCUT2D eigenvalue weighted by Crippen LogP contribution is -2.00. The van der Waals surface area contributed by atoms with Gasteiger partial charge in [0.15, 0.2) is 0 Å². The molecule has 88 valence electrons. The molecule has 2 aromatic rings. The van der Waals surface area contributed by atoms with Crippen molar-refractivity contribution in [2.75, 3.05) is 5.32 Å². The molecule has 0 fully saturated rings. The number of rotatable bonds is 3. The van der Waals surface area contributed by atoms with Gasteiger partial charge in [0.2, 0.25) is 0 Å². The number of nitrogens with one attached hydrogen (secondary N) is 1. The number of halogens is 1. The minimum atomic E-state index is 0.806. The summed E-state index contributed by atoms with van der Waals surface area (Å²) in [6, 6.07) is 10.0. The maximum atomic E-state index is 4.44. The number of hydrogen-bond acceptors (Lipinski definition) is 3. The molecule has 0 radical (unpaired) electrons. The smallest absolute Gasteiger partial charge is 0.135 e. The predicted octanol–water partition coefficient (Wildman–Crippen LogP) is 3.85. The van der Waals surface area contributed by atoms with Crippen LogP contribution in [0.2, 0.25) is 0 Å². The Balaban J connectivity index is 2.30. The summed E-state index contributed by atoms with van der Waals surface area (Å²) in [7, 11) is 0. The fraction of sp³-hybridized carbons (Fsp3) is 0.231. The van der Waals surface area contributed by atoms with Gasteiger partial charge >= 0.3 is 0 Å². The van der Waals surface area contributed by atoms with Crippen LogP contribution in [-0.2, 0) is 6.42 Å². The highest BCUT2D eigenvalue weighted by Gasteiger charge is 2.03. The molecule has 0 aliphatic heterocycles. The Kier molecular flexibility index (Phi) is 3.74. The van der Waals surface area contributed by atoms with E-state index in [0.717, 1.165) is 28.4 Å². The van der Waals surface area contributed by atoms with E-state index in [1.54, 1.807) is 0 Å². The fourth-order valence-electron chi connectivity index (χ4n) is 1.54. The molecule has 0 aliphatic rings. The number of nitrogens with zero attached hydrogens (tertiary/aromatic N) is 2. The summed E-state index contributed by atoms with van der Waals surface area (Å²) in [6.45, 7) is 4.11. The summed E-state index contributed by atoms with van der Waals surface area (Å²) >= 11 is 3.39. The van der Waals surface area contributed by atoms with Crippen molar-refractivity contribution in [2.24, 2.45) is 0 Å². The zero-order chi connectivity index (χ0) is 12.3. The second kappa shape index (κ2) is 5.27. The first-order valence-electron chi connectivity index (χ1n) is 5.55. The van der Waals surface area contributed by atoms with Gasteiger partial charge in [-0.2, -0.15) is 0 Å². The van der Waals surface area contributed by atoms with Gasteiger partial charge in [-0.25, -0.2) is 9.97 Å². The molecular formula is C13H14BrN3. The fourth-order valence-corrected chi connectivity index (χ4v) is 1.96. The van der Waals surface area contributed by atoms with Crippen LogP contribution in [0.25, 0.3) is 0 Å². The highest BCUT2D eigenvalue weighted by atomic mass is 79.9. The van der Waals surface area contributed by atoms with Crippen LogP contribution >= 0.6 is 15.9 Å². The monoisotopic (exact) mass is 291 g/mol. The SMILES string of the molecule is CCc1nc(Br)cc(Nc2ccccc2C)n1. The van der Waals surface area contributed by atoms with E-state index in [2.05, 4.69) is 44.2 Å². The van der Waals surface area contributed by atoms with Gasteiger partial charge in [0.05, 0.1) is 0 Å². The van der Waals surface area contributed by atoms with Gasteiger partial charge in [0.25, 0.3) is 0 Å². The Bertz CT molecular complexity index is 526. The van der Waals surface area contributed by atoms with E-state index in [0.29, 0.717) is 0 Å². The number of hydrogen-bond donors (Lipinski definition) is 1. The summed E-state index contributed by atoms with van der Waals surface area (Å²) in [5, 5.41) is 3.31. The third-order valence-corrected chi connectivity index (χ3v) is 2.87. The molecular weight excluding hydrogens is 278 g/mol. The van der Waals surface area contributed by atoms with Crippen molar-refractivity contribution in [1.29, 1.82) is 0 Å². The first-order chi connectivity index (χ1) is 8.19. The number of aryl methyl sites for hydroxylation is 2. The van der Waals surface area contributed by atoms with Crippen molar-refractivity contribution in [1.82, 2.24) is 9.97 Å². The topological polar surface area (TPSA) is 37.8 Å². The average Bonchev–Trinajstić information content (AvgIpc) is 2.31. The highest BCUT2D eigenvalue weighted by Crippen LogP contribution is 2.20. The van der Waals surface area contributed by atoms with Gasteiger partial charge in [-0.1, -0.05) is 25.1 Å². The van der Waals surface area contributed by atoms with Gasteiger partial charge < -0.3 is 5.32 Å². The van der Waals surface area contributed by atoms with E-state index < -0.39 is 0 Å². The van der Waals surface area contributed by atoms with Crippen molar-refractivity contribution in [3.8, 4) is 0 Å². The standard InChI is InChI=1S/C13H14BrN3/c1-3-12-16-11(14)8-13(17-12)15-10-7-5-4-6-9(10)2/h4-8H,3H2,1-2H3,(H,15,16,17). The van der Waals surface area contributed by atoms with Crippen molar-refractivity contribution in [3.63, 3.8) is 0 Å². The molecule has 0 atom stereocenters. The Hall–Kier alpha value is -1.42. The minimum Gasteiger partial charge on any atom is -0.340 e. The first-order valence-corrected chi connectivity index (χ1v) is 6.34. The largest absolute Gasteiger partial charge is 0.340 e. The average molecular weight is 292 g/mol. The molecule has 0 bridgehead atoms. The molecule has 0 saturated heterocycles. The Morgan fingerprint density at radius 3 is 2.71 bits per heavy atom. The number of aromatic nitrogens is 2. The molecule has 17 heavy (non-hydrogen) atoms. The molecule has 0 saturated carbocycles. The molecule has 1 aromatic heterocycles. The Morgan fingerprint density at radius 2 is 2.00 bits per heavy atom. The van der Waals surface area contributed by atoms with E-state index in [9.17, 15) is 0 Å². The zero-order valence-electron chi connectivity index (χ0n) is 9.87. The lowest BCUT2D eigenvalue weighted by molar-refractivity contribution is 0.931. The summed E-state index contributed by atoms with van der Waals surface area (Å²) in [5.74, 6) is 1.65. The quantitative estimate of drug-likeness (QED) is 0.873. The predicted molar refractivity (Wildman–Crippen MR) is 73.6 cm³/mol. The van der Waals surface area contributed by atoms with Gasteiger partial charge in [-0.15, -0.1) is 0 Å². The third kappa shape index (κ3) is 3.03. The highest BCUT2D eigenvalue weighted by molar-refractivity contribution is 9.10. The van der Waals surface area contributed by atoms with Crippen LogP contribution in [0, 0.1) is 6.92 Å². The van der Waals surface area contributed by atoms with Crippen molar-refractivity contribution in [3.05, 3.63) is 46.3 Å². The zero-order valence-corrected chi connectivity index (χ0v) is 11.5. The van der Waals surface area contributed by atoms with Crippen molar-refractivity contribution < 1.29 is 0 Å². The molecule has 0 spiro atoms. The molecule has 1 N–H and O–H groups in total. The van der Waals surface area contributed by atoms with Crippen LogP contribution in [-0.4, -0.2) is 9.97 Å². The van der Waals surface area contributed by atoms with Crippen LogP contribution < -0.4 is 5.32 Å². The van der Waals surface area contributed by atoms with Crippen LogP contribution in [0.4, 0.5) is 11.5 Å². The second-order valence-electron chi connectivity index (χ2n) is 3.79. The normalized spacial score (nSPS) is 10.3. The van der Waals surface area contributed by atoms with E-state index in [4.69, 9.17) is 0 Å². The molecule has 0 unspecified atom stereocenters. The second-order valence-corrected chi connectivity index (χ2v) is 4.60. The lowest BCUT2D eigenvalue weighted by Gasteiger charge is -2.09. The van der Waals surface area contributed by atoms with E-state index in [-0.39, 0.29) is 0 Å². The molecule has 3 nitrogen and oxygen atoms in total. The summed E-state index contributed by atoms with van der Waals surface area (Å²) in [5.41, 5.74) is 2.26. The summed E-state index contributed by atoms with van der Waals surface area (Å²) in [6.07, 6.45) is 0.821.